The number of benzene rings is 1. The van der Waals surface area contributed by atoms with Crippen LogP contribution in [-0.2, 0) is 0 Å². The lowest BCUT2D eigenvalue weighted by atomic mass is 9.91. The molecule has 0 saturated heterocycles. The van der Waals surface area contributed by atoms with Gasteiger partial charge in [0.05, 0.1) is 24.4 Å². The molecule has 0 aliphatic heterocycles. The second-order valence-corrected chi connectivity index (χ2v) is 8.15. The van der Waals surface area contributed by atoms with Gasteiger partial charge in [0.2, 0.25) is 0 Å². The van der Waals surface area contributed by atoms with Gasteiger partial charge >= 0.3 is 6.09 Å². The second kappa shape index (κ2) is 8.72. The van der Waals surface area contributed by atoms with Crippen LogP contribution >= 0.6 is 0 Å². The molecule has 30 heavy (non-hydrogen) atoms. The van der Waals surface area contributed by atoms with Crippen LogP contribution in [0.3, 0.4) is 0 Å². The Morgan fingerprint density at radius 1 is 1.20 bits per heavy atom. The summed E-state index contributed by atoms with van der Waals surface area (Å²) in [5.41, 5.74) is 3.47. The first-order chi connectivity index (χ1) is 14.6. The second-order valence-electron chi connectivity index (χ2n) is 8.15. The van der Waals surface area contributed by atoms with Crippen molar-refractivity contribution in [3.05, 3.63) is 47.7 Å². The van der Waals surface area contributed by atoms with Crippen molar-refractivity contribution < 1.29 is 14.6 Å². The normalized spacial score (nSPS) is 25.2. The minimum Gasteiger partial charge on any atom is -0.497 e. The first-order valence-electron chi connectivity index (χ1n) is 10.4. The number of nitrogens with zero attached hydrogens (tertiary/aromatic N) is 2. The number of pyridine rings is 1. The van der Waals surface area contributed by atoms with Crippen molar-refractivity contribution in [2.45, 2.75) is 56.1 Å². The molecule has 1 aromatic carbocycles. The highest BCUT2D eigenvalue weighted by atomic mass is 16.5. The Balaban J connectivity index is 1.33. The van der Waals surface area contributed by atoms with Crippen LogP contribution < -0.4 is 15.4 Å². The van der Waals surface area contributed by atoms with Gasteiger partial charge in [-0.2, -0.15) is 5.26 Å². The van der Waals surface area contributed by atoms with Crippen molar-refractivity contribution in [3.63, 3.8) is 0 Å². The van der Waals surface area contributed by atoms with Gasteiger partial charge in [-0.05, 0) is 61.9 Å². The maximum absolute atomic E-state index is 10.8. The topological polar surface area (TPSA) is 107 Å². The van der Waals surface area contributed by atoms with Crippen molar-refractivity contribution in [2.24, 2.45) is 0 Å². The van der Waals surface area contributed by atoms with E-state index in [1.54, 1.807) is 13.2 Å². The molecule has 2 saturated carbocycles. The van der Waals surface area contributed by atoms with Gasteiger partial charge in [-0.25, -0.2) is 4.79 Å². The lowest BCUT2D eigenvalue weighted by molar-refractivity contribution is 0.183. The molecule has 1 amide bonds. The summed E-state index contributed by atoms with van der Waals surface area (Å²) in [5.74, 6) is 1.12. The number of amides is 1. The molecule has 7 heteroatoms. The van der Waals surface area contributed by atoms with E-state index in [9.17, 15) is 10.1 Å². The van der Waals surface area contributed by atoms with E-state index in [-0.39, 0.29) is 6.04 Å². The minimum absolute atomic E-state index is 0.0884. The number of hydrogen-bond acceptors (Lipinski definition) is 5. The van der Waals surface area contributed by atoms with Crippen molar-refractivity contribution in [1.29, 1.82) is 5.26 Å². The monoisotopic (exact) mass is 406 g/mol. The number of aromatic nitrogens is 1. The highest BCUT2D eigenvalue weighted by Gasteiger charge is 2.40. The first kappa shape index (κ1) is 20.2. The van der Waals surface area contributed by atoms with E-state index in [2.05, 4.69) is 27.8 Å². The van der Waals surface area contributed by atoms with Gasteiger partial charge in [-0.3, -0.25) is 4.98 Å². The van der Waals surface area contributed by atoms with Crippen molar-refractivity contribution in [3.8, 4) is 23.1 Å². The largest absolute Gasteiger partial charge is 0.497 e. The number of nitriles is 1. The van der Waals surface area contributed by atoms with E-state index in [4.69, 9.17) is 9.84 Å². The van der Waals surface area contributed by atoms with E-state index < -0.39 is 6.09 Å². The smallest absolute Gasteiger partial charge is 0.404 e. The fraction of sp³-hybridized carbons (Fsp3) is 0.435. The summed E-state index contributed by atoms with van der Waals surface area (Å²) < 4.78 is 5.28. The summed E-state index contributed by atoms with van der Waals surface area (Å²) >= 11 is 0. The Morgan fingerprint density at radius 3 is 2.60 bits per heavy atom. The van der Waals surface area contributed by atoms with Crippen LogP contribution in [-0.4, -0.2) is 41.4 Å². The van der Waals surface area contributed by atoms with Gasteiger partial charge in [0, 0.05) is 35.8 Å². The maximum atomic E-state index is 10.8. The fourth-order valence-corrected chi connectivity index (χ4v) is 4.35. The Morgan fingerprint density at radius 2 is 1.97 bits per heavy atom. The standard InChI is InChI=1S/C23H26N4O3/c1-30-19-9-14(12-24)8-16(10-19)21-7-2-15(13-25-21)20-11-22(20)26-17-3-5-18(6-4-17)27-23(28)29/h2,7-10,13,17-18,20,22,26-27H,3-6,11H2,1H3,(H,28,29). The van der Waals surface area contributed by atoms with Crippen molar-refractivity contribution in [1.82, 2.24) is 15.6 Å². The lowest BCUT2D eigenvalue weighted by Gasteiger charge is -2.29. The molecule has 1 aromatic heterocycles. The molecule has 7 nitrogen and oxygen atoms in total. The maximum Gasteiger partial charge on any atom is 0.404 e. The number of carboxylic acid groups (broad SMARTS) is 1. The Hall–Kier alpha value is -3.11. The van der Waals surface area contributed by atoms with Gasteiger partial charge in [0.1, 0.15) is 5.75 Å². The molecule has 156 valence electrons. The summed E-state index contributed by atoms with van der Waals surface area (Å²) in [4.78, 5) is 15.4. The zero-order chi connectivity index (χ0) is 21.1. The van der Waals surface area contributed by atoms with Crippen LogP contribution in [0.25, 0.3) is 11.3 Å². The average molecular weight is 406 g/mol. The van der Waals surface area contributed by atoms with Gasteiger partial charge < -0.3 is 20.5 Å². The SMILES string of the molecule is COc1cc(C#N)cc(-c2ccc(C3CC3NC3CCC(NC(=O)O)CC3)cn2)c1. The predicted octanol–water partition coefficient (Wildman–Crippen LogP) is 3.65. The first-order valence-corrected chi connectivity index (χ1v) is 10.4. The molecule has 3 N–H and O–H groups in total. The predicted molar refractivity (Wildman–Crippen MR) is 112 cm³/mol. The number of rotatable bonds is 6. The van der Waals surface area contributed by atoms with E-state index in [1.165, 1.54) is 5.56 Å². The summed E-state index contributed by atoms with van der Waals surface area (Å²) in [6.45, 7) is 0. The Labute approximate surface area is 176 Å². The zero-order valence-corrected chi connectivity index (χ0v) is 17.0. The van der Waals surface area contributed by atoms with Gasteiger partial charge in [0.15, 0.2) is 0 Å². The summed E-state index contributed by atoms with van der Waals surface area (Å²) in [6.07, 6.45) is 5.89. The molecule has 2 fully saturated rings. The molecular weight excluding hydrogens is 380 g/mol. The fourth-order valence-electron chi connectivity index (χ4n) is 4.35. The van der Waals surface area contributed by atoms with Gasteiger partial charge in [-0.15, -0.1) is 0 Å². The summed E-state index contributed by atoms with van der Waals surface area (Å²) in [7, 11) is 1.59. The molecular formula is C23H26N4O3. The van der Waals surface area contributed by atoms with E-state index in [0.29, 0.717) is 29.3 Å². The third kappa shape index (κ3) is 4.71. The minimum atomic E-state index is -0.928. The highest BCUT2D eigenvalue weighted by molar-refractivity contribution is 5.65. The Kier molecular flexibility index (Phi) is 5.86. The van der Waals surface area contributed by atoms with E-state index >= 15 is 0 Å². The number of methoxy groups -OCH3 is 1. The Bertz CT molecular complexity index is 946. The zero-order valence-electron chi connectivity index (χ0n) is 17.0. The summed E-state index contributed by atoms with van der Waals surface area (Å²) in [5, 5.41) is 24.4. The van der Waals surface area contributed by atoms with Crippen LogP contribution in [0, 0.1) is 11.3 Å². The molecule has 4 rings (SSSR count). The van der Waals surface area contributed by atoms with Crippen LogP contribution in [0.2, 0.25) is 0 Å². The van der Waals surface area contributed by atoms with Crippen molar-refractivity contribution >= 4 is 6.09 Å². The average Bonchev–Trinajstić information content (AvgIpc) is 3.53. The van der Waals surface area contributed by atoms with Crippen LogP contribution in [0.4, 0.5) is 4.79 Å². The molecule has 2 aromatic rings. The van der Waals surface area contributed by atoms with Crippen LogP contribution in [0.1, 0.15) is 49.1 Å². The number of carbonyl (C=O) groups is 1. The van der Waals surface area contributed by atoms with Crippen molar-refractivity contribution in [2.75, 3.05) is 7.11 Å². The molecule has 2 aliphatic carbocycles. The molecule has 0 bridgehead atoms. The molecule has 2 aliphatic rings. The highest BCUT2D eigenvalue weighted by Crippen LogP contribution is 2.42. The van der Waals surface area contributed by atoms with Crippen LogP contribution in [0.15, 0.2) is 36.5 Å². The third-order valence-corrected chi connectivity index (χ3v) is 6.08. The molecule has 2 unspecified atom stereocenters. The van der Waals surface area contributed by atoms with Crippen LogP contribution in [0.5, 0.6) is 5.75 Å². The molecule has 2 atom stereocenters. The number of nitrogens with one attached hydrogen (secondary N) is 2. The van der Waals surface area contributed by atoms with Gasteiger partial charge in [0.25, 0.3) is 0 Å². The molecule has 0 radical (unpaired) electrons. The van der Waals surface area contributed by atoms with E-state index in [0.717, 1.165) is 43.4 Å². The molecule has 0 spiro atoms. The summed E-state index contributed by atoms with van der Waals surface area (Å²) in [6, 6.07) is 12.7. The van der Waals surface area contributed by atoms with Gasteiger partial charge in [-0.1, -0.05) is 6.07 Å². The molecule has 1 heterocycles. The lowest BCUT2D eigenvalue weighted by Crippen LogP contribution is -2.42. The van der Waals surface area contributed by atoms with E-state index in [1.807, 2.05) is 24.4 Å². The third-order valence-electron chi connectivity index (χ3n) is 6.08. The quantitative estimate of drug-likeness (QED) is 0.676. The number of hydrogen-bond donors (Lipinski definition) is 3. The number of ether oxygens (including phenoxy) is 1.